The SMILES string of the molecule is COC(=O)[C@@H](C)c1ccc2c(CC(C)=O)c(OC)ccc2c1. The predicted molar refractivity (Wildman–Crippen MR) is 85.3 cm³/mol. The minimum Gasteiger partial charge on any atom is -0.496 e. The molecule has 2 aromatic carbocycles. The summed E-state index contributed by atoms with van der Waals surface area (Å²) in [6.45, 7) is 3.37. The van der Waals surface area contributed by atoms with Crippen molar-refractivity contribution in [1.82, 2.24) is 0 Å². The lowest BCUT2D eigenvalue weighted by molar-refractivity contribution is -0.142. The fraction of sp³-hybridized carbons (Fsp3) is 0.333. The molecule has 0 saturated carbocycles. The number of esters is 1. The van der Waals surface area contributed by atoms with E-state index in [1.807, 2.05) is 37.3 Å². The first-order chi connectivity index (χ1) is 10.5. The van der Waals surface area contributed by atoms with Gasteiger partial charge in [0.05, 0.1) is 20.1 Å². The molecule has 0 bridgehead atoms. The first kappa shape index (κ1) is 16.0. The fourth-order valence-corrected chi connectivity index (χ4v) is 2.60. The van der Waals surface area contributed by atoms with Gasteiger partial charge in [-0.05, 0) is 36.2 Å². The van der Waals surface area contributed by atoms with Crippen molar-refractivity contribution in [1.29, 1.82) is 0 Å². The van der Waals surface area contributed by atoms with Gasteiger partial charge in [-0.25, -0.2) is 0 Å². The molecule has 0 fully saturated rings. The summed E-state index contributed by atoms with van der Waals surface area (Å²) in [5.74, 6) is 0.193. The van der Waals surface area contributed by atoms with Gasteiger partial charge < -0.3 is 9.47 Å². The van der Waals surface area contributed by atoms with Crippen LogP contribution < -0.4 is 4.74 Å². The number of carbonyl (C=O) groups excluding carboxylic acids is 2. The lowest BCUT2D eigenvalue weighted by Crippen LogP contribution is -2.10. The fourth-order valence-electron chi connectivity index (χ4n) is 2.60. The maximum atomic E-state index is 11.7. The van der Waals surface area contributed by atoms with Gasteiger partial charge in [0.15, 0.2) is 0 Å². The molecule has 0 spiro atoms. The van der Waals surface area contributed by atoms with Crippen molar-refractivity contribution in [3.05, 3.63) is 41.5 Å². The number of hydrogen-bond acceptors (Lipinski definition) is 4. The predicted octanol–water partition coefficient (Wildman–Crippen LogP) is 3.26. The van der Waals surface area contributed by atoms with Crippen LogP contribution in [0.15, 0.2) is 30.3 Å². The number of ketones is 1. The molecule has 0 aromatic heterocycles. The molecule has 4 nitrogen and oxygen atoms in total. The van der Waals surface area contributed by atoms with Crippen molar-refractivity contribution in [3.63, 3.8) is 0 Å². The molecule has 0 radical (unpaired) electrons. The second-order valence-corrected chi connectivity index (χ2v) is 5.35. The molecule has 0 aliphatic heterocycles. The van der Waals surface area contributed by atoms with Gasteiger partial charge in [-0.1, -0.05) is 24.3 Å². The maximum Gasteiger partial charge on any atom is 0.312 e. The van der Waals surface area contributed by atoms with Gasteiger partial charge in [-0.2, -0.15) is 0 Å². The molecule has 0 aliphatic rings. The Kier molecular flexibility index (Phi) is 4.81. The summed E-state index contributed by atoms with van der Waals surface area (Å²) in [5, 5.41) is 1.95. The van der Waals surface area contributed by atoms with Crippen molar-refractivity contribution in [2.45, 2.75) is 26.2 Å². The van der Waals surface area contributed by atoms with E-state index in [1.54, 1.807) is 14.0 Å². The quantitative estimate of drug-likeness (QED) is 0.795. The van der Waals surface area contributed by atoms with Crippen LogP contribution in [0.3, 0.4) is 0 Å². The smallest absolute Gasteiger partial charge is 0.312 e. The third-order valence-corrected chi connectivity index (χ3v) is 3.81. The first-order valence-corrected chi connectivity index (χ1v) is 7.14. The summed E-state index contributed by atoms with van der Waals surface area (Å²) in [7, 11) is 2.98. The Morgan fingerprint density at radius 1 is 1.14 bits per heavy atom. The van der Waals surface area contributed by atoms with Gasteiger partial charge in [0.2, 0.25) is 0 Å². The van der Waals surface area contributed by atoms with E-state index < -0.39 is 0 Å². The number of fused-ring (bicyclic) bond motifs is 1. The monoisotopic (exact) mass is 300 g/mol. The molecular weight excluding hydrogens is 280 g/mol. The molecule has 0 aliphatic carbocycles. The van der Waals surface area contributed by atoms with Crippen molar-refractivity contribution in [2.75, 3.05) is 14.2 Å². The van der Waals surface area contributed by atoms with Gasteiger partial charge in [0, 0.05) is 12.0 Å². The van der Waals surface area contributed by atoms with E-state index in [4.69, 9.17) is 9.47 Å². The van der Waals surface area contributed by atoms with E-state index in [0.717, 1.165) is 21.9 Å². The van der Waals surface area contributed by atoms with Crippen LogP contribution in [0.1, 0.15) is 30.9 Å². The molecule has 1 atom stereocenters. The normalized spacial score (nSPS) is 12.0. The molecule has 0 saturated heterocycles. The summed E-state index contributed by atoms with van der Waals surface area (Å²) >= 11 is 0. The summed E-state index contributed by atoms with van der Waals surface area (Å²) in [6.07, 6.45) is 0.326. The highest BCUT2D eigenvalue weighted by atomic mass is 16.5. The average molecular weight is 300 g/mol. The van der Waals surface area contributed by atoms with E-state index >= 15 is 0 Å². The molecule has 0 unspecified atom stereocenters. The van der Waals surface area contributed by atoms with Gasteiger partial charge in [0.1, 0.15) is 11.5 Å². The zero-order valence-corrected chi connectivity index (χ0v) is 13.3. The molecule has 0 N–H and O–H groups in total. The third-order valence-electron chi connectivity index (χ3n) is 3.81. The number of hydrogen-bond donors (Lipinski definition) is 0. The highest BCUT2D eigenvalue weighted by molar-refractivity contribution is 5.93. The number of Topliss-reactive ketones (excluding diaryl/α,β-unsaturated/α-hetero) is 1. The Bertz CT molecular complexity index is 718. The zero-order chi connectivity index (χ0) is 16.3. The largest absolute Gasteiger partial charge is 0.496 e. The van der Waals surface area contributed by atoms with Crippen molar-refractivity contribution < 1.29 is 19.1 Å². The maximum absolute atomic E-state index is 11.7. The lowest BCUT2D eigenvalue weighted by Gasteiger charge is -2.14. The number of methoxy groups -OCH3 is 2. The summed E-state index contributed by atoms with van der Waals surface area (Å²) < 4.78 is 10.1. The van der Waals surface area contributed by atoms with Crippen molar-refractivity contribution in [2.24, 2.45) is 0 Å². The van der Waals surface area contributed by atoms with E-state index in [-0.39, 0.29) is 17.7 Å². The number of ether oxygens (including phenoxy) is 2. The highest BCUT2D eigenvalue weighted by Gasteiger charge is 2.17. The molecule has 116 valence electrons. The Hall–Kier alpha value is -2.36. The third kappa shape index (κ3) is 3.11. The summed E-state index contributed by atoms with van der Waals surface area (Å²) in [6, 6.07) is 9.58. The number of benzene rings is 2. The van der Waals surface area contributed by atoms with Crippen LogP contribution in [-0.2, 0) is 20.7 Å². The average Bonchev–Trinajstić information content (AvgIpc) is 2.52. The highest BCUT2D eigenvalue weighted by Crippen LogP contribution is 2.31. The van der Waals surface area contributed by atoms with Crippen LogP contribution in [0.25, 0.3) is 10.8 Å². The molecule has 0 heterocycles. The van der Waals surface area contributed by atoms with Crippen LogP contribution in [0.2, 0.25) is 0 Å². The van der Waals surface area contributed by atoms with Crippen LogP contribution in [-0.4, -0.2) is 26.0 Å². The van der Waals surface area contributed by atoms with Gasteiger partial charge in [0.25, 0.3) is 0 Å². The van der Waals surface area contributed by atoms with E-state index in [9.17, 15) is 9.59 Å². The van der Waals surface area contributed by atoms with Gasteiger partial charge in [-0.3, -0.25) is 9.59 Å². The topological polar surface area (TPSA) is 52.6 Å². The van der Waals surface area contributed by atoms with E-state index in [1.165, 1.54) is 7.11 Å². The Labute approximate surface area is 130 Å². The summed E-state index contributed by atoms with van der Waals surface area (Å²) in [5.41, 5.74) is 1.77. The Morgan fingerprint density at radius 2 is 1.86 bits per heavy atom. The molecule has 0 amide bonds. The lowest BCUT2D eigenvalue weighted by atomic mass is 9.94. The van der Waals surface area contributed by atoms with Crippen molar-refractivity contribution >= 4 is 22.5 Å². The Balaban J connectivity index is 2.55. The number of rotatable bonds is 5. The standard InChI is InChI=1S/C18H20O4/c1-11(19)9-16-15-7-5-13(12(2)18(20)22-4)10-14(15)6-8-17(16)21-3/h5-8,10,12H,9H2,1-4H3/t12-/m0/s1. The van der Waals surface area contributed by atoms with Crippen LogP contribution in [0, 0.1) is 0 Å². The van der Waals surface area contributed by atoms with Gasteiger partial charge in [-0.15, -0.1) is 0 Å². The molecular formula is C18H20O4. The van der Waals surface area contributed by atoms with Crippen molar-refractivity contribution in [3.8, 4) is 5.75 Å². The van der Waals surface area contributed by atoms with Crippen LogP contribution in [0.5, 0.6) is 5.75 Å². The molecule has 22 heavy (non-hydrogen) atoms. The molecule has 2 aromatic rings. The number of carbonyl (C=O) groups is 2. The zero-order valence-electron chi connectivity index (χ0n) is 13.3. The Morgan fingerprint density at radius 3 is 2.45 bits per heavy atom. The summed E-state index contributed by atoms with van der Waals surface area (Å²) in [4.78, 5) is 23.2. The minimum atomic E-state index is -0.326. The van der Waals surface area contributed by atoms with Crippen LogP contribution in [0.4, 0.5) is 0 Å². The second kappa shape index (κ2) is 6.60. The minimum absolute atomic E-state index is 0.0813. The van der Waals surface area contributed by atoms with Crippen LogP contribution >= 0.6 is 0 Å². The van der Waals surface area contributed by atoms with Gasteiger partial charge >= 0.3 is 5.97 Å². The molecule has 2 rings (SSSR count). The first-order valence-electron chi connectivity index (χ1n) is 7.14. The van der Waals surface area contributed by atoms with E-state index in [0.29, 0.717) is 12.2 Å². The molecule has 4 heteroatoms. The second-order valence-electron chi connectivity index (χ2n) is 5.35. The van der Waals surface area contributed by atoms with E-state index in [2.05, 4.69) is 0 Å².